The standard InChI is InChI=1S/C13H17NO3/c1-3-8-17-12-6-4-11(5-7-12)9-14-10-13(15)16-2/h3-7,14H,1,8-10H2,2H3. The molecule has 4 nitrogen and oxygen atoms in total. The molecule has 17 heavy (non-hydrogen) atoms. The Morgan fingerprint density at radius 3 is 2.71 bits per heavy atom. The van der Waals surface area contributed by atoms with Crippen LogP contribution in [-0.4, -0.2) is 26.2 Å². The summed E-state index contributed by atoms with van der Waals surface area (Å²) in [4.78, 5) is 10.9. The fourth-order valence-corrected chi connectivity index (χ4v) is 1.24. The van der Waals surface area contributed by atoms with E-state index in [1.807, 2.05) is 24.3 Å². The lowest BCUT2D eigenvalue weighted by Gasteiger charge is -2.06. The average molecular weight is 235 g/mol. The molecule has 0 saturated heterocycles. The van der Waals surface area contributed by atoms with Gasteiger partial charge in [0.1, 0.15) is 12.4 Å². The van der Waals surface area contributed by atoms with Crippen molar-refractivity contribution in [3.05, 3.63) is 42.5 Å². The number of esters is 1. The first-order chi connectivity index (χ1) is 8.26. The highest BCUT2D eigenvalue weighted by Crippen LogP contribution is 2.11. The van der Waals surface area contributed by atoms with Crippen LogP contribution in [0.25, 0.3) is 0 Å². The third-order valence-corrected chi connectivity index (χ3v) is 2.12. The second-order valence-corrected chi connectivity index (χ2v) is 3.42. The molecule has 4 heteroatoms. The van der Waals surface area contributed by atoms with Crippen molar-refractivity contribution in [2.45, 2.75) is 6.54 Å². The summed E-state index contributed by atoms with van der Waals surface area (Å²) in [5, 5.41) is 2.98. The maximum absolute atomic E-state index is 10.9. The van der Waals surface area contributed by atoms with Crippen molar-refractivity contribution < 1.29 is 14.3 Å². The van der Waals surface area contributed by atoms with Gasteiger partial charge in [0.25, 0.3) is 0 Å². The number of ether oxygens (including phenoxy) is 2. The molecule has 0 heterocycles. The lowest BCUT2D eigenvalue weighted by molar-refractivity contribution is -0.139. The van der Waals surface area contributed by atoms with E-state index in [1.165, 1.54) is 7.11 Å². The number of carbonyl (C=O) groups is 1. The van der Waals surface area contributed by atoms with Crippen LogP contribution in [0.5, 0.6) is 5.75 Å². The molecule has 0 fully saturated rings. The van der Waals surface area contributed by atoms with Gasteiger partial charge < -0.3 is 14.8 Å². The van der Waals surface area contributed by atoms with Gasteiger partial charge >= 0.3 is 5.97 Å². The van der Waals surface area contributed by atoms with Gasteiger partial charge in [0.15, 0.2) is 0 Å². The van der Waals surface area contributed by atoms with Gasteiger partial charge in [0, 0.05) is 6.54 Å². The number of hydrogen-bond acceptors (Lipinski definition) is 4. The SMILES string of the molecule is C=CCOc1ccc(CNCC(=O)OC)cc1. The molecule has 0 bridgehead atoms. The molecule has 1 aromatic rings. The summed E-state index contributed by atoms with van der Waals surface area (Å²) in [6.45, 7) is 4.91. The van der Waals surface area contributed by atoms with Gasteiger partial charge in [0.2, 0.25) is 0 Å². The van der Waals surface area contributed by atoms with Gasteiger partial charge in [0.05, 0.1) is 13.7 Å². The maximum Gasteiger partial charge on any atom is 0.319 e. The van der Waals surface area contributed by atoms with Gasteiger partial charge in [-0.05, 0) is 17.7 Å². The Labute approximate surface area is 101 Å². The normalized spacial score (nSPS) is 9.71. The molecule has 0 radical (unpaired) electrons. The van der Waals surface area contributed by atoms with Crippen molar-refractivity contribution in [3.8, 4) is 5.75 Å². The molecule has 1 rings (SSSR count). The molecule has 0 aliphatic heterocycles. The molecule has 0 unspecified atom stereocenters. The monoisotopic (exact) mass is 235 g/mol. The lowest BCUT2D eigenvalue weighted by atomic mass is 10.2. The highest BCUT2D eigenvalue weighted by Gasteiger charge is 1.99. The second kappa shape index (κ2) is 7.46. The van der Waals surface area contributed by atoms with Crippen LogP contribution in [0.2, 0.25) is 0 Å². The number of benzene rings is 1. The summed E-state index contributed by atoms with van der Waals surface area (Å²) in [7, 11) is 1.37. The molecule has 0 aromatic heterocycles. The molecule has 1 aromatic carbocycles. The Balaban J connectivity index is 2.34. The summed E-state index contributed by atoms with van der Waals surface area (Å²) in [6.07, 6.45) is 1.70. The molecule has 0 atom stereocenters. The molecule has 0 amide bonds. The fraction of sp³-hybridized carbons (Fsp3) is 0.308. The van der Waals surface area contributed by atoms with E-state index in [0.717, 1.165) is 11.3 Å². The molecular formula is C13H17NO3. The average Bonchev–Trinajstić information content (AvgIpc) is 2.37. The zero-order valence-corrected chi connectivity index (χ0v) is 9.94. The fourth-order valence-electron chi connectivity index (χ4n) is 1.24. The predicted octanol–water partition coefficient (Wildman–Crippen LogP) is 1.51. The van der Waals surface area contributed by atoms with Crippen molar-refractivity contribution in [3.63, 3.8) is 0 Å². The predicted molar refractivity (Wildman–Crippen MR) is 65.9 cm³/mol. The van der Waals surface area contributed by atoms with Crippen LogP contribution < -0.4 is 10.1 Å². The van der Waals surface area contributed by atoms with Crippen molar-refractivity contribution in [2.24, 2.45) is 0 Å². The summed E-state index contributed by atoms with van der Waals surface area (Å²) >= 11 is 0. The van der Waals surface area contributed by atoms with E-state index < -0.39 is 0 Å². The third kappa shape index (κ3) is 5.17. The summed E-state index contributed by atoms with van der Waals surface area (Å²) in [5.41, 5.74) is 1.08. The summed E-state index contributed by atoms with van der Waals surface area (Å²) in [6, 6.07) is 7.67. The zero-order chi connectivity index (χ0) is 12.5. The van der Waals surface area contributed by atoms with Crippen LogP contribution in [0.1, 0.15) is 5.56 Å². The maximum atomic E-state index is 10.9. The van der Waals surface area contributed by atoms with Crippen molar-refractivity contribution in [1.82, 2.24) is 5.32 Å². The Hall–Kier alpha value is -1.81. The smallest absolute Gasteiger partial charge is 0.319 e. The second-order valence-electron chi connectivity index (χ2n) is 3.42. The third-order valence-electron chi connectivity index (χ3n) is 2.12. The first-order valence-corrected chi connectivity index (χ1v) is 5.36. The highest BCUT2D eigenvalue weighted by molar-refractivity contribution is 5.71. The number of nitrogens with one attached hydrogen (secondary N) is 1. The van der Waals surface area contributed by atoms with Gasteiger partial charge in [-0.3, -0.25) is 4.79 Å². The van der Waals surface area contributed by atoms with Gasteiger partial charge in [-0.1, -0.05) is 24.8 Å². The van der Waals surface area contributed by atoms with E-state index in [2.05, 4.69) is 16.6 Å². The van der Waals surface area contributed by atoms with Gasteiger partial charge in [-0.2, -0.15) is 0 Å². The van der Waals surface area contributed by atoms with Crippen molar-refractivity contribution in [1.29, 1.82) is 0 Å². The van der Waals surface area contributed by atoms with Crippen LogP contribution in [0.3, 0.4) is 0 Å². The molecule has 0 aliphatic carbocycles. The molecule has 92 valence electrons. The quantitative estimate of drug-likeness (QED) is 0.575. The molecule has 0 saturated carbocycles. The largest absolute Gasteiger partial charge is 0.490 e. The topological polar surface area (TPSA) is 47.6 Å². The summed E-state index contributed by atoms with van der Waals surface area (Å²) in [5.74, 6) is 0.539. The Morgan fingerprint density at radius 1 is 1.41 bits per heavy atom. The van der Waals surface area contributed by atoms with E-state index in [1.54, 1.807) is 6.08 Å². The number of carbonyl (C=O) groups excluding carboxylic acids is 1. The highest BCUT2D eigenvalue weighted by atomic mass is 16.5. The van der Waals surface area contributed by atoms with E-state index in [-0.39, 0.29) is 12.5 Å². The van der Waals surface area contributed by atoms with E-state index >= 15 is 0 Å². The minimum Gasteiger partial charge on any atom is -0.490 e. The number of hydrogen-bond donors (Lipinski definition) is 1. The van der Waals surface area contributed by atoms with Crippen LogP contribution in [-0.2, 0) is 16.1 Å². The lowest BCUT2D eigenvalue weighted by Crippen LogP contribution is -2.23. The molecular weight excluding hydrogens is 218 g/mol. The minimum absolute atomic E-state index is 0.214. The van der Waals surface area contributed by atoms with E-state index in [9.17, 15) is 4.79 Å². The molecule has 1 N–H and O–H groups in total. The number of methoxy groups -OCH3 is 1. The Kier molecular flexibility index (Phi) is 5.82. The number of rotatable bonds is 7. The minimum atomic E-state index is -0.268. The van der Waals surface area contributed by atoms with E-state index in [4.69, 9.17) is 4.74 Å². The molecule has 0 aliphatic rings. The van der Waals surface area contributed by atoms with Crippen LogP contribution >= 0.6 is 0 Å². The van der Waals surface area contributed by atoms with Crippen LogP contribution in [0.15, 0.2) is 36.9 Å². The van der Waals surface area contributed by atoms with Gasteiger partial charge in [-0.15, -0.1) is 0 Å². The first-order valence-electron chi connectivity index (χ1n) is 5.36. The Bertz CT molecular complexity index is 359. The molecule has 0 spiro atoms. The van der Waals surface area contributed by atoms with Crippen LogP contribution in [0, 0.1) is 0 Å². The van der Waals surface area contributed by atoms with Crippen molar-refractivity contribution in [2.75, 3.05) is 20.3 Å². The summed E-state index contributed by atoms with van der Waals surface area (Å²) < 4.78 is 9.88. The van der Waals surface area contributed by atoms with Crippen LogP contribution in [0.4, 0.5) is 0 Å². The van der Waals surface area contributed by atoms with Gasteiger partial charge in [-0.25, -0.2) is 0 Å². The van der Waals surface area contributed by atoms with Crippen molar-refractivity contribution >= 4 is 5.97 Å². The van der Waals surface area contributed by atoms with E-state index in [0.29, 0.717) is 13.2 Å². The Morgan fingerprint density at radius 2 is 2.12 bits per heavy atom. The first kappa shape index (κ1) is 13.3. The zero-order valence-electron chi connectivity index (χ0n) is 9.94.